The fourth-order valence-corrected chi connectivity index (χ4v) is 5.19. The third-order valence-electron chi connectivity index (χ3n) is 6.88. The first-order chi connectivity index (χ1) is 19.1. The summed E-state index contributed by atoms with van der Waals surface area (Å²) < 4.78 is 48.0. The van der Waals surface area contributed by atoms with Crippen molar-refractivity contribution in [3.05, 3.63) is 101 Å². The average molecular weight is 573 g/mol. The minimum absolute atomic E-state index is 0.125. The van der Waals surface area contributed by atoms with Crippen molar-refractivity contribution in [2.75, 3.05) is 19.7 Å². The molecule has 40 heavy (non-hydrogen) atoms. The molecule has 0 saturated carbocycles. The van der Waals surface area contributed by atoms with Gasteiger partial charge in [0.25, 0.3) is 0 Å². The molecule has 5 nitrogen and oxygen atoms in total. The van der Waals surface area contributed by atoms with Crippen molar-refractivity contribution in [2.24, 2.45) is 0 Å². The smallest absolute Gasteiger partial charge is 0.417 e. The molecule has 1 N–H and O–H groups in total. The van der Waals surface area contributed by atoms with E-state index in [0.29, 0.717) is 37.6 Å². The molecular weight excluding hydrogens is 541 g/mol. The van der Waals surface area contributed by atoms with Gasteiger partial charge in [-0.15, -0.1) is 0 Å². The number of hydrogen-bond donors (Lipinski definition) is 1. The van der Waals surface area contributed by atoms with Gasteiger partial charge in [0.05, 0.1) is 22.7 Å². The fourth-order valence-electron chi connectivity index (χ4n) is 4.90. The van der Waals surface area contributed by atoms with Crippen LogP contribution in [0.5, 0.6) is 5.75 Å². The summed E-state index contributed by atoms with van der Waals surface area (Å²) in [7, 11) is 0. The van der Waals surface area contributed by atoms with Gasteiger partial charge in [0, 0.05) is 24.7 Å². The number of rotatable bonds is 13. The standard InChI is InChI=1S/C31H32ClF3N2O3/c1-22(23-9-3-2-4-10-23)19-36(20-24-11-7-12-26(30(24)32)31(33,34)35)16-5-6-18-40-28-14-8-13-27-25(28)15-17-37(27)21-29(38)39/h2-4,7-15,17,22H,5-6,16,18-21H2,1H3,(H,38,39)/t22-/m0/s1. The van der Waals surface area contributed by atoms with Gasteiger partial charge in [0.2, 0.25) is 0 Å². The van der Waals surface area contributed by atoms with Gasteiger partial charge in [-0.05, 0) is 60.7 Å². The average Bonchev–Trinajstić information content (AvgIpc) is 3.32. The first-order valence-electron chi connectivity index (χ1n) is 13.2. The van der Waals surface area contributed by atoms with E-state index in [2.05, 4.69) is 24.0 Å². The van der Waals surface area contributed by atoms with E-state index >= 15 is 0 Å². The number of carboxylic acid groups (broad SMARTS) is 1. The second-order valence-corrected chi connectivity index (χ2v) is 10.3. The molecule has 4 rings (SSSR count). The summed E-state index contributed by atoms with van der Waals surface area (Å²) in [6.45, 7) is 4.06. The Morgan fingerprint density at radius 3 is 2.50 bits per heavy atom. The molecule has 4 aromatic rings. The van der Waals surface area contributed by atoms with Crippen LogP contribution in [0.4, 0.5) is 13.2 Å². The van der Waals surface area contributed by atoms with E-state index < -0.39 is 17.7 Å². The lowest BCUT2D eigenvalue weighted by Crippen LogP contribution is -2.29. The summed E-state index contributed by atoms with van der Waals surface area (Å²) >= 11 is 6.22. The third-order valence-corrected chi connectivity index (χ3v) is 7.33. The highest BCUT2D eigenvalue weighted by Crippen LogP contribution is 2.36. The zero-order valence-electron chi connectivity index (χ0n) is 22.2. The van der Waals surface area contributed by atoms with Gasteiger partial charge in [0.15, 0.2) is 0 Å². The molecule has 0 bridgehead atoms. The van der Waals surface area contributed by atoms with Crippen LogP contribution in [0.3, 0.4) is 0 Å². The number of carbonyl (C=O) groups is 1. The Morgan fingerprint density at radius 1 is 1.02 bits per heavy atom. The van der Waals surface area contributed by atoms with Crippen LogP contribution in [0, 0.1) is 0 Å². The molecule has 0 spiro atoms. The lowest BCUT2D eigenvalue weighted by atomic mass is 10.00. The number of alkyl halides is 3. The number of fused-ring (bicyclic) bond motifs is 1. The largest absolute Gasteiger partial charge is 0.493 e. The van der Waals surface area contributed by atoms with Crippen LogP contribution in [0.1, 0.15) is 42.4 Å². The quantitative estimate of drug-likeness (QED) is 0.166. The van der Waals surface area contributed by atoms with Crippen LogP contribution < -0.4 is 4.74 Å². The molecule has 0 amide bonds. The number of ether oxygens (including phenoxy) is 1. The Kier molecular flexibility index (Phi) is 9.76. The first-order valence-corrected chi connectivity index (χ1v) is 13.6. The monoisotopic (exact) mass is 572 g/mol. The van der Waals surface area contributed by atoms with Crippen LogP contribution in [0.2, 0.25) is 5.02 Å². The van der Waals surface area contributed by atoms with Gasteiger partial charge in [-0.25, -0.2) is 0 Å². The second-order valence-electron chi connectivity index (χ2n) is 9.91. The number of aromatic nitrogens is 1. The van der Waals surface area contributed by atoms with Crippen molar-refractivity contribution in [2.45, 2.75) is 44.9 Å². The van der Waals surface area contributed by atoms with Crippen LogP contribution >= 0.6 is 11.6 Å². The van der Waals surface area contributed by atoms with Crippen molar-refractivity contribution < 1.29 is 27.8 Å². The maximum absolute atomic E-state index is 13.4. The van der Waals surface area contributed by atoms with E-state index in [-0.39, 0.29) is 17.5 Å². The van der Waals surface area contributed by atoms with Crippen molar-refractivity contribution >= 4 is 28.5 Å². The molecule has 0 aliphatic carbocycles. The maximum Gasteiger partial charge on any atom is 0.417 e. The topological polar surface area (TPSA) is 54.7 Å². The Bertz CT molecular complexity index is 1420. The van der Waals surface area contributed by atoms with E-state index in [1.807, 2.05) is 42.5 Å². The summed E-state index contributed by atoms with van der Waals surface area (Å²) in [5.41, 5.74) is 1.58. The number of carboxylic acids is 1. The first kappa shape index (κ1) is 29.5. The van der Waals surface area contributed by atoms with Crippen LogP contribution in [-0.2, 0) is 24.1 Å². The number of hydrogen-bond acceptors (Lipinski definition) is 3. The molecule has 9 heteroatoms. The van der Waals surface area contributed by atoms with Crippen LogP contribution in [0.15, 0.2) is 79.0 Å². The van der Waals surface area contributed by atoms with Crippen molar-refractivity contribution in [3.8, 4) is 5.75 Å². The van der Waals surface area contributed by atoms with E-state index in [1.54, 1.807) is 16.8 Å². The molecule has 1 aromatic heterocycles. The Balaban J connectivity index is 1.40. The van der Waals surface area contributed by atoms with Gasteiger partial charge >= 0.3 is 12.1 Å². The zero-order valence-corrected chi connectivity index (χ0v) is 23.0. The minimum Gasteiger partial charge on any atom is -0.493 e. The second kappa shape index (κ2) is 13.2. The van der Waals surface area contributed by atoms with Gasteiger partial charge < -0.3 is 14.4 Å². The summed E-state index contributed by atoms with van der Waals surface area (Å²) in [6, 6.07) is 21.5. The molecule has 1 heterocycles. The zero-order chi connectivity index (χ0) is 28.7. The number of nitrogens with zero attached hydrogens (tertiary/aromatic N) is 2. The number of benzene rings is 3. The SMILES string of the molecule is C[C@@H](CN(CCCCOc1cccc2c1ccn2CC(=O)O)Cc1cccc(C(F)(F)F)c1Cl)c1ccccc1. The highest BCUT2D eigenvalue weighted by molar-refractivity contribution is 6.32. The van der Waals surface area contributed by atoms with Gasteiger partial charge in [-0.3, -0.25) is 9.69 Å². The molecule has 1 atom stereocenters. The van der Waals surface area contributed by atoms with Gasteiger partial charge in [-0.1, -0.05) is 67.1 Å². The van der Waals surface area contributed by atoms with E-state index in [1.165, 1.54) is 6.07 Å². The number of aliphatic carboxylic acids is 1. The molecule has 0 aliphatic rings. The third kappa shape index (κ3) is 7.58. The van der Waals surface area contributed by atoms with Gasteiger partial charge in [0.1, 0.15) is 12.3 Å². The minimum atomic E-state index is -4.51. The Hall–Kier alpha value is -3.49. The lowest BCUT2D eigenvalue weighted by molar-refractivity contribution is -0.138. The number of halogens is 4. The maximum atomic E-state index is 13.4. The van der Waals surface area contributed by atoms with E-state index in [0.717, 1.165) is 35.4 Å². The fraction of sp³-hybridized carbons (Fsp3) is 0.323. The Labute approximate surface area is 236 Å². The van der Waals surface area contributed by atoms with Crippen molar-refractivity contribution in [1.29, 1.82) is 0 Å². The highest BCUT2D eigenvalue weighted by Gasteiger charge is 2.34. The predicted octanol–water partition coefficient (Wildman–Crippen LogP) is 7.86. The van der Waals surface area contributed by atoms with Gasteiger partial charge in [-0.2, -0.15) is 13.2 Å². The van der Waals surface area contributed by atoms with E-state index in [4.69, 9.17) is 21.4 Å². The van der Waals surface area contributed by atoms with Crippen LogP contribution in [-0.4, -0.2) is 40.2 Å². The summed E-state index contributed by atoms with van der Waals surface area (Å²) in [6.07, 6.45) is -1.27. The van der Waals surface area contributed by atoms with E-state index in [9.17, 15) is 18.0 Å². The molecule has 0 saturated heterocycles. The number of unbranched alkanes of at least 4 members (excludes halogenated alkanes) is 1. The molecule has 0 radical (unpaired) electrons. The summed E-state index contributed by atoms with van der Waals surface area (Å²) in [4.78, 5) is 13.3. The molecular formula is C31H32ClF3N2O3. The molecule has 0 aliphatic heterocycles. The normalized spacial score (nSPS) is 12.7. The van der Waals surface area contributed by atoms with Crippen LogP contribution in [0.25, 0.3) is 10.9 Å². The molecule has 212 valence electrons. The molecule has 3 aromatic carbocycles. The lowest BCUT2D eigenvalue weighted by Gasteiger charge is -2.27. The van der Waals surface area contributed by atoms with Crippen molar-refractivity contribution in [3.63, 3.8) is 0 Å². The Morgan fingerprint density at radius 2 is 1.77 bits per heavy atom. The summed E-state index contributed by atoms with van der Waals surface area (Å²) in [5.74, 6) is -0.0530. The highest BCUT2D eigenvalue weighted by atomic mass is 35.5. The summed E-state index contributed by atoms with van der Waals surface area (Å²) in [5, 5.41) is 9.72. The predicted molar refractivity (Wildman–Crippen MR) is 151 cm³/mol. The van der Waals surface area contributed by atoms with Crippen molar-refractivity contribution in [1.82, 2.24) is 9.47 Å². The molecule has 0 unspecified atom stereocenters. The molecule has 0 fully saturated rings.